The number of anilines is 3. The van der Waals surface area contributed by atoms with Crippen molar-refractivity contribution in [2.75, 3.05) is 4.90 Å². The van der Waals surface area contributed by atoms with E-state index in [9.17, 15) is 0 Å². The Kier molecular flexibility index (Phi) is 6.53. The maximum Gasteiger partial charge on any atom is 0.136 e. The third-order valence-electron chi connectivity index (χ3n) is 10.0. The van der Waals surface area contributed by atoms with E-state index in [0.717, 1.165) is 50.1 Å². The molecule has 0 fully saturated rings. The summed E-state index contributed by atoms with van der Waals surface area (Å²) in [7, 11) is 0. The molecule has 234 valence electrons. The first-order chi connectivity index (χ1) is 24.8. The Morgan fingerprint density at radius 3 is 1.84 bits per heavy atom. The minimum absolute atomic E-state index is 0.890. The van der Waals surface area contributed by atoms with Crippen molar-refractivity contribution in [2.45, 2.75) is 0 Å². The molecule has 2 nitrogen and oxygen atoms in total. The molecule has 0 saturated heterocycles. The van der Waals surface area contributed by atoms with Gasteiger partial charge < -0.3 is 9.32 Å². The molecule has 0 radical (unpaired) electrons. The topological polar surface area (TPSA) is 16.4 Å². The second-order valence-electron chi connectivity index (χ2n) is 12.9. The maximum absolute atomic E-state index is 6.48. The fraction of sp³-hybridized carbons (Fsp3) is 0. The second-order valence-corrected chi connectivity index (χ2v) is 12.9. The molecule has 0 saturated carbocycles. The number of nitrogens with zero attached hydrogens (tertiary/aromatic N) is 1. The molecule has 0 spiro atoms. The van der Waals surface area contributed by atoms with Crippen LogP contribution in [-0.4, -0.2) is 0 Å². The zero-order valence-corrected chi connectivity index (χ0v) is 27.3. The molecule has 0 amide bonds. The smallest absolute Gasteiger partial charge is 0.136 e. The van der Waals surface area contributed by atoms with Gasteiger partial charge in [-0.2, -0.15) is 0 Å². The summed E-state index contributed by atoms with van der Waals surface area (Å²) >= 11 is 0. The van der Waals surface area contributed by atoms with E-state index in [1.165, 1.54) is 43.4 Å². The van der Waals surface area contributed by atoms with E-state index in [-0.39, 0.29) is 0 Å². The summed E-state index contributed by atoms with van der Waals surface area (Å²) < 4.78 is 6.48. The first-order valence-electron chi connectivity index (χ1n) is 17.1. The van der Waals surface area contributed by atoms with Crippen molar-refractivity contribution >= 4 is 71.3 Å². The van der Waals surface area contributed by atoms with Crippen molar-refractivity contribution in [3.8, 4) is 22.3 Å². The van der Waals surface area contributed by atoms with Gasteiger partial charge >= 0.3 is 0 Å². The van der Waals surface area contributed by atoms with Crippen molar-refractivity contribution in [2.24, 2.45) is 0 Å². The van der Waals surface area contributed by atoms with Gasteiger partial charge in [0.2, 0.25) is 0 Å². The molecule has 1 aromatic heterocycles. The minimum Gasteiger partial charge on any atom is -0.456 e. The zero-order chi connectivity index (χ0) is 33.0. The summed E-state index contributed by atoms with van der Waals surface area (Å²) in [5.41, 5.74) is 9.77. The Labute approximate surface area is 290 Å². The van der Waals surface area contributed by atoms with Crippen molar-refractivity contribution in [1.82, 2.24) is 0 Å². The summed E-state index contributed by atoms with van der Waals surface area (Å²) in [5, 5.41) is 9.73. The minimum atomic E-state index is 0.890. The highest BCUT2D eigenvalue weighted by molar-refractivity contribution is 6.16. The molecule has 0 aliphatic rings. The van der Waals surface area contributed by atoms with Gasteiger partial charge in [-0.3, -0.25) is 0 Å². The zero-order valence-electron chi connectivity index (χ0n) is 27.3. The highest BCUT2D eigenvalue weighted by Crippen LogP contribution is 2.45. The van der Waals surface area contributed by atoms with Crippen LogP contribution >= 0.6 is 0 Å². The van der Waals surface area contributed by atoms with Gasteiger partial charge in [-0.05, 0) is 104 Å². The van der Waals surface area contributed by atoms with Crippen LogP contribution in [0.25, 0.3) is 76.5 Å². The van der Waals surface area contributed by atoms with Crippen molar-refractivity contribution < 1.29 is 4.42 Å². The molecule has 0 aliphatic carbocycles. The Morgan fingerprint density at radius 1 is 0.340 bits per heavy atom. The highest BCUT2D eigenvalue weighted by Gasteiger charge is 2.20. The molecular formula is C48H31NO. The highest BCUT2D eigenvalue weighted by atomic mass is 16.3. The van der Waals surface area contributed by atoms with E-state index in [1.54, 1.807) is 0 Å². The predicted octanol–water partition coefficient (Wildman–Crippen LogP) is 13.8. The molecular weight excluding hydrogens is 607 g/mol. The molecule has 0 N–H and O–H groups in total. The molecule has 2 heteroatoms. The van der Waals surface area contributed by atoms with E-state index >= 15 is 0 Å². The van der Waals surface area contributed by atoms with Gasteiger partial charge in [0.25, 0.3) is 0 Å². The van der Waals surface area contributed by atoms with Crippen LogP contribution < -0.4 is 4.90 Å². The van der Waals surface area contributed by atoms with Crippen molar-refractivity contribution in [3.05, 3.63) is 188 Å². The summed E-state index contributed by atoms with van der Waals surface area (Å²) in [6, 6.07) is 67.5. The molecule has 0 atom stereocenters. The number of rotatable bonds is 5. The van der Waals surface area contributed by atoms with Gasteiger partial charge in [0.1, 0.15) is 11.2 Å². The third-order valence-corrected chi connectivity index (χ3v) is 10.0. The second kappa shape index (κ2) is 11.5. The van der Waals surface area contributed by atoms with Crippen LogP contribution in [0.3, 0.4) is 0 Å². The van der Waals surface area contributed by atoms with Crippen LogP contribution in [0.5, 0.6) is 0 Å². The summed E-state index contributed by atoms with van der Waals surface area (Å²) in [5.74, 6) is 0. The fourth-order valence-electron chi connectivity index (χ4n) is 7.63. The lowest BCUT2D eigenvalue weighted by Gasteiger charge is -2.28. The van der Waals surface area contributed by atoms with Crippen LogP contribution in [0.4, 0.5) is 17.1 Å². The number of furan rings is 1. The average molecular weight is 638 g/mol. The summed E-state index contributed by atoms with van der Waals surface area (Å²) in [6.07, 6.45) is 0. The molecule has 9 aromatic carbocycles. The van der Waals surface area contributed by atoms with E-state index in [2.05, 4.69) is 193 Å². The molecule has 10 aromatic rings. The number of hydrogen-bond acceptors (Lipinski definition) is 2. The SMILES string of the molecule is c1ccc(N(c2ccc(-c3ccc4c(ccc5ccccc54)c3)cc2)c2ccccc2-c2cccc3oc4cc5ccccc5cc4c23)cc1. The first kappa shape index (κ1) is 28.4. The molecule has 0 unspecified atom stereocenters. The molecule has 10 rings (SSSR count). The first-order valence-corrected chi connectivity index (χ1v) is 17.1. The van der Waals surface area contributed by atoms with Gasteiger partial charge in [-0.25, -0.2) is 0 Å². The normalized spacial score (nSPS) is 11.6. The third kappa shape index (κ3) is 4.65. The van der Waals surface area contributed by atoms with Gasteiger partial charge in [0, 0.05) is 27.7 Å². The number of benzene rings is 9. The number of fused-ring (bicyclic) bond motifs is 7. The molecule has 0 bridgehead atoms. The van der Waals surface area contributed by atoms with Crippen LogP contribution in [0.1, 0.15) is 0 Å². The van der Waals surface area contributed by atoms with Crippen molar-refractivity contribution in [3.63, 3.8) is 0 Å². The van der Waals surface area contributed by atoms with Gasteiger partial charge in [-0.15, -0.1) is 0 Å². The standard InChI is InChI=1S/C48H31NO/c1-2-14-38(15-3-1)49(39-26-23-32(24-27-39)36-25-28-41-37(29-36)22-21-33-11-6-7-16-40(33)41)45-19-9-8-17-42(45)43-18-10-20-46-48(43)44-30-34-12-4-5-13-35(34)31-47(44)50-46/h1-31H. The summed E-state index contributed by atoms with van der Waals surface area (Å²) in [6.45, 7) is 0. The fourth-order valence-corrected chi connectivity index (χ4v) is 7.63. The largest absolute Gasteiger partial charge is 0.456 e. The van der Waals surface area contributed by atoms with E-state index in [0.29, 0.717) is 0 Å². The molecule has 0 aliphatic heterocycles. The lowest BCUT2D eigenvalue weighted by atomic mass is 9.95. The monoisotopic (exact) mass is 637 g/mol. The van der Waals surface area contributed by atoms with Gasteiger partial charge in [-0.1, -0.05) is 133 Å². The Hall–Kier alpha value is -6.64. The predicted molar refractivity (Wildman–Crippen MR) is 212 cm³/mol. The van der Waals surface area contributed by atoms with E-state index in [1.807, 2.05) is 0 Å². The van der Waals surface area contributed by atoms with Gasteiger partial charge in [0.05, 0.1) is 5.69 Å². The lowest BCUT2D eigenvalue weighted by molar-refractivity contribution is 0.669. The molecule has 1 heterocycles. The Bertz CT molecular complexity index is 2870. The van der Waals surface area contributed by atoms with Crippen LogP contribution in [0.15, 0.2) is 192 Å². The lowest BCUT2D eigenvalue weighted by Crippen LogP contribution is -2.11. The van der Waals surface area contributed by atoms with E-state index < -0.39 is 0 Å². The van der Waals surface area contributed by atoms with Gasteiger partial charge in [0.15, 0.2) is 0 Å². The van der Waals surface area contributed by atoms with Crippen molar-refractivity contribution in [1.29, 1.82) is 0 Å². The number of hydrogen-bond donors (Lipinski definition) is 0. The number of para-hydroxylation sites is 2. The van der Waals surface area contributed by atoms with E-state index in [4.69, 9.17) is 4.42 Å². The maximum atomic E-state index is 6.48. The average Bonchev–Trinajstić information content (AvgIpc) is 3.55. The van der Waals surface area contributed by atoms with Crippen LogP contribution in [-0.2, 0) is 0 Å². The Balaban J connectivity index is 1.11. The quantitative estimate of drug-likeness (QED) is 0.175. The molecule has 50 heavy (non-hydrogen) atoms. The summed E-state index contributed by atoms with van der Waals surface area (Å²) in [4.78, 5) is 2.36. The van der Waals surface area contributed by atoms with Crippen LogP contribution in [0.2, 0.25) is 0 Å². The Morgan fingerprint density at radius 2 is 0.980 bits per heavy atom. The van der Waals surface area contributed by atoms with Crippen LogP contribution in [0, 0.1) is 0 Å².